The summed E-state index contributed by atoms with van der Waals surface area (Å²) < 4.78 is 13.3. The molecule has 1 fully saturated rings. The molecule has 2 atom stereocenters. The van der Waals surface area contributed by atoms with E-state index in [0.717, 1.165) is 18.7 Å². The van der Waals surface area contributed by atoms with Gasteiger partial charge in [-0.05, 0) is 30.2 Å². The highest BCUT2D eigenvalue weighted by Gasteiger charge is 2.38. The van der Waals surface area contributed by atoms with Crippen LogP contribution in [0.25, 0.3) is 0 Å². The largest absolute Gasteiger partial charge is 0.465 e. The van der Waals surface area contributed by atoms with Crippen molar-refractivity contribution in [3.63, 3.8) is 0 Å². The first-order valence-corrected chi connectivity index (χ1v) is 8.59. The van der Waals surface area contributed by atoms with Crippen molar-refractivity contribution in [3.8, 4) is 0 Å². The van der Waals surface area contributed by atoms with Crippen LogP contribution in [0.15, 0.2) is 54.6 Å². The number of likely N-dealkylation sites (N-methyl/N-ethyl adjacent to an activating group) is 1. The van der Waals surface area contributed by atoms with Crippen molar-refractivity contribution in [1.29, 1.82) is 0 Å². The maximum atomic E-state index is 13.3. The van der Waals surface area contributed by atoms with Gasteiger partial charge in [-0.25, -0.2) is 9.18 Å². The maximum absolute atomic E-state index is 13.3. The lowest BCUT2D eigenvalue weighted by molar-refractivity contribution is 0.124. The second-order valence-electron chi connectivity index (χ2n) is 6.47. The van der Waals surface area contributed by atoms with Gasteiger partial charge in [-0.3, -0.25) is 4.90 Å². The Balaban J connectivity index is 1.84. The standard InChI is InChI=1S/C20H23FN2O2/c1-2-23(20(24)25)19-14-22(12-15-6-4-3-5-7-15)13-18(19)16-8-10-17(21)11-9-16/h3-11,18-19H,2,12-14H2,1H3,(H,24,25)/t18-,19+/m0/s1. The first-order valence-electron chi connectivity index (χ1n) is 8.59. The van der Waals surface area contributed by atoms with Gasteiger partial charge in [0.05, 0.1) is 6.04 Å². The fraction of sp³-hybridized carbons (Fsp3) is 0.350. The summed E-state index contributed by atoms with van der Waals surface area (Å²) in [7, 11) is 0. The van der Waals surface area contributed by atoms with Crippen molar-refractivity contribution in [2.75, 3.05) is 19.6 Å². The average molecular weight is 342 g/mol. The predicted molar refractivity (Wildman–Crippen MR) is 95.1 cm³/mol. The number of carbonyl (C=O) groups is 1. The van der Waals surface area contributed by atoms with E-state index in [1.165, 1.54) is 22.6 Å². The molecule has 0 unspecified atom stereocenters. The third-order valence-electron chi connectivity index (χ3n) is 4.90. The van der Waals surface area contributed by atoms with Crippen LogP contribution in [0, 0.1) is 5.82 Å². The van der Waals surface area contributed by atoms with E-state index in [2.05, 4.69) is 17.0 Å². The minimum Gasteiger partial charge on any atom is -0.465 e. The number of nitrogens with zero attached hydrogens (tertiary/aromatic N) is 2. The molecule has 1 N–H and O–H groups in total. The van der Waals surface area contributed by atoms with Crippen molar-refractivity contribution in [2.45, 2.75) is 25.4 Å². The molecule has 0 bridgehead atoms. The van der Waals surface area contributed by atoms with Crippen molar-refractivity contribution in [2.24, 2.45) is 0 Å². The third kappa shape index (κ3) is 3.99. The second kappa shape index (κ2) is 7.66. The summed E-state index contributed by atoms with van der Waals surface area (Å²) in [6.45, 7) is 4.52. The Bertz CT molecular complexity index is 705. The number of benzene rings is 2. The first kappa shape index (κ1) is 17.4. The molecule has 4 nitrogen and oxygen atoms in total. The predicted octanol–water partition coefficient (Wildman–Crippen LogP) is 3.79. The van der Waals surface area contributed by atoms with E-state index in [1.54, 1.807) is 12.1 Å². The fourth-order valence-corrected chi connectivity index (χ4v) is 3.70. The van der Waals surface area contributed by atoms with Crippen LogP contribution in [-0.4, -0.2) is 46.7 Å². The lowest BCUT2D eigenvalue weighted by Gasteiger charge is -2.29. The molecule has 0 spiro atoms. The van der Waals surface area contributed by atoms with Crippen LogP contribution in [0.1, 0.15) is 24.0 Å². The van der Waals surface area contributed by atoms with E-state index in [1.807, 2.05) is 25.1 Å². The topological polar surface area (TPSA) is 43.8 Å². The smallest absolute Gasteiger partial charge is 0.407 e. The van der Waals surface area contributed by atoms with Crippen molar-refractivity contribution in [3.05, 3.63) is 71.5 Å². The van der Waals surface area contributed by atoms with Gasteiger partial charge >= 0.3 is 6.09 Å². The summed E-state index contributed by atoms with van der Waals surface area (Å²) >= 11 is 0. The van der Waals surface area contributed by atoms with E-state index in [-0.39, 0.29) is 17.8 Å². The molecule has 2 aromatic carbocycles. The summed E-state index contributed by atoms with van der Waals surface area (Å²) in [5, 5.41) is 9.57. The number of likely N-dealkylation sites (tertiary alicyclic amines) is 1. The molecule has 1 aliphatic rings. The lowest BCUT2D eigenvalue weighted by atomic mass is 9.93. The molecule has 1 amide bonds. The van der Waals surface area contributed by atoms with Gasteiger partial charge in [0.1, 0.15) is 5.82 Å². The Morgan fingerprint density at radius 1 is 1.16 bits per heavy atom. The number of hydrogen-bond donors (Lipinski definition) is 1. The summed E-state index contributed by atoms with van der Waals surface area (Å²) in [4.78, 5) is 15.4. The summed E-state index contributed by atoms with van der Waals surface area (Å²) in [6, 6.07) is 16.5. The van der Waals surface area contributed by atoms with Gasteiger partial charge in [-0.1, -0.05) is 42.5 Å². The molecule has 0 aliphatic carbocycles. The van der Waals surface area contributed by atoms with Gasteiger partial charge < -0.3 is 10.0 Å². The van der Waals surface area contributed by atoms with Gasteiger partial charge in [0.2, 0.25) is 0 Å². The van der Waals surface area contributed by atoms with Crippen molar-refractivity contribution < 1.29 is 14.3 Å². The summed E-state index contributed by atoms with van der Waals surface area (Å²) in [6.07, 6.45) is -0.902. The molecule has 5 heteroatoms. The van der Waals surface area contributed by atoms with Gasteiger partial charge in [0.15, 0.2) is 0 Å². The van der Waals surface area contributed by atoms with E-state index in [4.69, 9.17) is 0 Å². The monoisotopic (exact) mass is 342 g/mol. The average Bonchev–Trinajstić information content (AvgIpc) is 3.00. The normalized spacial score (nSPS) is 20.6. The van der Waals surface area contributed by atoms with Crippen LogP contribution in [0.4, 0.5) is 9.18 Å². The Hall–Kier alpha value is -2.40. The summed E-state index contributed by atoms with van der Waals surface area (Å²) in [5.74, 6) is -0.231. The minimum absolute atomic E-state index is 0.0420. The zero-order chi connectivity index (χ0) is 17.8. The minimum atomic E-state index is -0.902. The molecule has 1 aliphatic heterocycles. The molecule has 132 valence electrons. The number of carboxylic acid groups (broad SMARTS) is 1. The van der Waals surface area contributed by atoms with Gasteiger partial charge in [-0.2, -0.15) is 0 Å². The van der Waals surface area contributed by atoms with E-state index < -0.39 is 6.09 Å². The van der Waals surface area contributed by atoms with Crippen LogP contribution in [0.5, 0.6) is 0 Å². The summed E-state index contributed by atoms with van der Waals surface area (Å²) in [5.41, 5.74) is 2.20. The molecule has 25 heavy (non-hydrogen) atoms. The van der Waals surface area contributed by atoms with E-state index in [0.29, 0.717) is 13.1 Å². The molecule has 0 aromatic heterocycles. The number of rotatable bonds is 5. The van der Waals surface area contributed by atoms with Gasteiger partial charge in [0, 0.05) is 32.1 Å². The Labute approximate surface area is 147 Å². The zero-order valence-corrected chi connectivity index (χ0v) is 14.3. The molecular weight excluding hydrogens is 319 g/mol. The lowest BCUT2D eigenvalue weighted by Crippen LogP contribution is -2.43. The highest BCUT2D eigenvalue weighted by molar-refractivity contribution is 5.65. The molecule has 2 aromatic rings. The van der Waals surface area contributed by atoms with Crippen LogP contribution in [0.2, 0.25) is 0 Å². The molecule has 1 heterocycles. The number of halogens is 1. The molecular formula is C20H23FN2O2. The molecule has 1 saturated heterocycles. The molecule has 0 saturated carbocycles. The van der Waals surface area contributed by atoms with Crippen molar-refractivity contribution >= 4 is 6.09 Å². The fourth-order valence-electron chi connectivity index (χ4n) is 3.70. The Morgan fingerprint density at radius 2 is 1.84 bits per heavy atom. The Kier molecular flexibility index (Phi) is 5.34. The maximum Gasteiger partial charge on any atom is 0.407 e. The quantitative estimate of drug-likeness (QED) is 0.899. The SMILES string of the molecule is CCN(C(=O)O)[C@@H]1CN(Cc2ccccc2)C[C@H]1c1ccc(F)cc1. The van der Waals surface area contributed by atoms with Crippen LogP contribution in [0.3, 0.4) is 0 Å². The van der Waals surface area contributed by atoms with E-state index in [9.17, 15) is 14.3 Å². The molecule has 0 radical (unpaired) electrons. The van der Waals surface area contributed by atoms with Crippen molar-refractivity contribution in [1.82, 2.24) is 9.80 Å². The highest BCUT2D eigenvalue weighted by atomic mass is 19.1. The first-order chi connectivity index (χ1) is 12.1. The second-order valence-corrected chi connectivity index (χ2v) is 6.47. The highest BCUT2D eigenvalue weighted by Crippen LogP contribution is 2.32. The molecule has 3 rings (SSSR count). The third-order valence-corrected chi connectivity index (χ3v) is 4.90. The zero-order valence-electron chi connectivity index (χ0n) is 14.3. The van der Waals surface area contributed by atoms with Gasteiger partial charge in [-0.15, -0.1) is 0 Å². The van der Waals surface area contributed by atoms with Crippen LogP contribution in [-0.2, 0) is 6.54 Å². The van der Waals surface area contributed by atoms with Crippen LogP contribution < -0.4 is 0 Å². The Morgan fingerprint density at radius 3 is 2.44 bits per heavy atom. The number of amides is 1. The number of hydrogen-bond acceptors (Lipinski definition) is 2. The van der Waals surface area contributed by atoms with Gasteiger partial charge in [0.25, 0.3) is 0 Å². The van der Waals surface area contributed by atoms with Crippen LogP contribution >= 0.6 is 0 Å². The van der Waals surface area contributed by atoms with E-state index >= 15 is 0 Å².